The van der Waals surface area contributed by atoms with Gasteiger partial charge in [0.2, 0.25) is 5.91 Å². The molecule has 3 N–H and O–H groups in total. The lowest BCUT2D eigenvalue weighted by atomic mass is 10.1. The molecule has 1 atom stereocenters. The monoisotopic (exact) mass is 543 g/mol. The minimum absolute atomic E-state index is 0.0188. The Balaban J connectivity index is 0.000000384. The quantitative estimate of drug-likeness (QED) is 0.458. The number of aromatic nitrogens is 2. The number of amides is 1. The Labute approximate surface area is 214 Å². The number of aliphatic carboxylic acids is 1. The summed E-state index contributed by atoms with van der Waals surface area (Å²) in [4.78, 5) is 33.5. The van der Waals surface area contributed by atoms with Crippen LogP contribution >= 0.6 is 23.2 Å². The van der Waals surface area contributed by atoms with E-state index in [1.54, 1.807) is 0 Å². The summed E-state index contributed by atoms with van der Waals surface area (Å²) in [7, 11) is 0. The van der Waals surface area contributed by atoms with Crippen LogP contribution in [0.15, 0.2) is 36.4 Å². The van der Waals surface area contributed by atoms with Gasteiger partial charge in [0.15, 0.2) is 0 Å². The number of alkyl halides is 3. The molecule has 1 unspecified atom stereocenters. The molecule has 192 valence electrons. The number of carbonyl (C=O) groups excluding carboxylic acids is 1. The molecule has 2 saturated heterocycles. The molecule has 36 heavy (non-hydrogen) atoms. The Morgan fingerprint density at radius 3 is 2.31 bits per heavy atom. The zero-order valence-electron chi connectivity index (χ0n) is 18.8. The molecule has 8 nitrogen and oxygen atoms in total. The summed E-state index contributed by atoms with van der Waals surface area (Å²) in [5.74, 6) is -1.81. The minimum atomic E-state index is -5.08. The maximum atomic E-state index is 12.4. The third kappa shape index (κ3) is 5.85. The van der Waals surface area contributed by atoms with E-state index in [2.05, 4.69) is 26.3 Å². The van der Waals surface area contributed by atoms with E-state index in [1.807, 2.05) is 35.2 Å². The van der Waals surface area contributed by atoms with Gasteiger partial charge in [0, 0.05) is 42.5 Å². The lowest BCUT2D eigenvalue weighted by Crippen LogP contribution is -2.58. The summed E-state index contributed by atoms with van der Waals surface area (Å²) < 4.78 is 31.7. The van der Waals surface area contributed by atoms with E-state index < -0.39 is 12.1 Å². The highest BCUT2D eigenvalue weighted by atomic mass is 35.5. The predicted molar refractivity (Wildman–Crippen MR) is 130 cm³/mol. The molecule has 1 amide bonds. The summed E-state index contributed by atoms with van der Waals surface area (Å²) in [6, 6.07) is 11.6. The normalized spacial score (nSPS) is 17.9. The molecule has 0 bridgehead atoms. The number of aromatic amines is 1. The van der Waals surface area contributed by atoms with Gasteiger partial charge in [-0.05, 0) is 49.4 Å². The molecule has 2 fully saturated rings. The number of carboxylic acid groups (broad SMARTS) is 1. The number of imidazole rings is 1. The number of nitrogens with one attached hydrogen (secondary N) is 2. The maximum absolute atomic E-state index is 12.4. The van der Waals surface area contributed by atoms with Crippen LogP contribution in [0.5, 0.6) is 0 Å². The maximum Gasteiger partial charge on any atom is 0.490 e. The van der Waals surface area contributed by atoms with Gasteiger partial charge in [0.1, 0.15) is 5.82 Å². The van der Waals surface area contributed by atoms with E-state index in [9.17, 15) is 18.0 Å². The predicted octanol–water partition coefficient (Wildman–Crippen LogP) is 4.18. The van der Waals surface area contributed by atoms with Crippen molar-refractivity contribution >= 4 is 51.8 Å². The molecule has 2 aromatic carbocycles. The molecular formula is C23H22Cl2F3N5O3. The number of carboxylic acids is 1. The second-order valence-electron chi connectivity index (χ2n) is 8.32. The zero-order valence-corrected chi connectivity index (χ0v) is 20.3. The van der Waals surface area contributed by atoms with Crippen molar-refractivity contribution in [2.45, 2.75) is 18.6 Å². The fourth-order valence-electron chi connectivity index (χ4n) is 3.91. The first-order valence-corrected chi connectivity index (χ1v) is 11.8. The van der Waals surface area contributed by atoms with E-state index in [-0.39, 0.29) is 11.9 Å². The molecule has 13 heteroatoms. The largest absolute Gasteiger partial charge is 0.490 e. The Morgan fingerprint density at radius 1 is 1.06 bits per heavy atom. The molecule has 5 rings (SSSR count). The number of H-pyrrole nitrogens is 1. The molecule has 1 aromatic heterocycles. The van der Waals surface area contributed by atoms with Crippen molar-refractivity contribution in [3.8, 4) is 11.4 Å². The Bertz CT molecular complexity index is 1270. The summed E-state index contributed by atoms with van der Waals surface area (Å²) in [6.45, 7) is 4.01. The summed E-state index contributed by atoms with van der Waals surface area (Å²) in [6.07, 6.45) is -4.14. The average molecular weight is 544 g/mol. The lowest BCUT2D eigenvalue weighted by Gasteiger charge is -2.39. The fourth-order valence-corrected chi connectivity index (χ4v) is 4.28. The van der Waals surface area contributed by atoms with Crippen LogP contribution in [-0.2, 0) is 9.59 Å². The van der Waals surface area contributed by atoms with Gasteiger partial charge >= 0.3 is 12.1 Å². The Morgan fingerprint density at radius 2 is 1.72 bits per heavy atom. The number of anilines is 1. The molecule has 0 saturated carbocycles. The van der Waals surface area contributed by atoms with Crippen molar-refractivity contribution in [1.82, 2.24) is 20.2 Å². The van der Waals surface area contributed by atoms with Gasteiger partial charge in [-0.1, -0.05) is 23.2 Å². The van der Waals surface area contributed by atoms with E-state index >= 15 is 0 Å². The minimum Gasteiger partial charge on any atom is -0.475 e. The molecule has 2 aliphatic rings. The molecular weight excluding hydrogens is 522 g/mol. The highest BCUT2D eigenvalue weighted by Crippen LogP contribution is 2.32. The van der Waals surface area contributed by atoms with Crippen LogP contribution in [0.3, 0.4) is 0 Å². The van der Waals surface area contributed by atoms with Crippen LogP contribution in [0.25, 0.3) is 22.4 Å². The third-order valence-electron chi connectivity index (χ3n) is 5.97. The van der Waals surface area contributed by atoms with Gasteiger partial charge < -0.3 is 25.2 Å². The van der Waals surface area contributed by atoms with Crippen LogP contribution in [0.1, 0.15) is 6.42 Å². The highest BCUT2D eigenvalue weighted by molar-refractivity contribution is 6.33. The van der Waals surface area contributed by atoms with E-state index in [0.29, 0.717) is 10.0 Å². The van der Waals surface area contributed by atoms with Gasteiger partial charge in [-0.25, -0.2) is 9.78 Å². The number of hydrogen-bond donors (Lipinski definition) is 3. The molecule has 3 aromatic rings. The van der Waals surface area contributed by atoms with Gasteiger partial charge in [-0.15, -0.1) is 0 Å². The molecule has 2 aliphatic heterocycles. The van der Waals surface area contributed by atoms with Crippen LogP contribution in [-0.4, -0.2) is 76.8 Å². The number of hydrogen-bond acceptors (Lipinski definition) is 5. The molecule has 0 radical (unpaired) electrons. The van der Waals surface area contributed by atoms with Gasteiger partial charge in [-0.2, -0.15) is 13.2 Å². The van der Waals surface area contributed by atoms with Gasteiger partial charge in [-0.3, -0.25) is 4.79 Å². The van der Waals surface area contributed by atoms with E-state index in [1.165, 1.54) is 0 Å². The topological polar surface area (TPSA) is 102 Å². The van der Waals surface area contributed by atoms with Crippen molar-refractivity contribution in [1.29, 1.82) is 0 Å². The van der Waals surface area contributed by atoms with Crippen molar-refractivity contribution in [3.05, 3.63) is 46.4 Å². The highest BCUT2D eigenvalue weighted by Gasteiger charge is 2.38. The Kier molecular flexibility index (Phi) is 7.62. The second kappa shape index (κ2) is 10.5. The number of benzene rings is 2. The number of fused-ring (bicyclic) bond motifs is 1. The first-order chi connectivity index (χ1) is 17.0. The molecule has 0 spiro atoms. The van der Waals surface area contributed by atoms with Crippen LogP contribution in [0.2, 0.25) is 10.0 Å². The van der Waals surface area contributed by atoms with Gasteiger partial charge in [0.25, 0.3) is 0 Å². The first kappa shape index (κ1) is 26.1. The molecule has 3 heterocycles. The second-order valence-corrected chi connectivity index (χ2v) is 9.17. The Hall–Kier alpha value is -3.02. The number of carbonyl (C=O) groups is 2. The lowest BCUT2D eigenvalue weighted by molar-refractivity contribution is -0.192. The number of rotatable bonds is 3. The average Bonchev–Trinajstić information content (AvgIpc) is 3.21. The van der Waals surface area contributed by atoms with Gasteiger partial charge in [0.05, 0.1) is 22.1 Å². The molecule has 0 aliphatic carbocycles. The SMILES string of the molecule is O=C(C1CCN1)N1CCN(c2ccc(Cl)c(-c3nc4ccc(Cl)cc4[nH]3)c2)CC1.O=C(O)C(F)(F)F. The summed E-state index contributed by atoms with van der Waals surface area (Å²) in [5.41, 5.74) is 3.67. The summed E-state index contributed by atoms with van der Waals surface area (Å²) in [5, 5.41) is 11.6. The van der Waals surface area contributed by atoms with Crippen molar-refractivity contribution < 1.29 is 27.9 Å². The standard InChI is InChI=1S/C21H21Cl2N5O.C2HF3O2/c22-13-1-4-17-19(11-13)26-20(25-17)15-12-14(2-3-16(15)23)27-7-9-28(10-8-27)21(29)18-5-6-24-18;3-2(4,5)1(6)7/h1-4,11-12,18,24H,5-10H2,(H,25,26);(H,6,7). The van der Waals surface area contributed by atoms with Crippen molar-refractivity contribution in [3.63, 3.8) is 0 Å². The number of halogens is 5. The smallest absolute Gasteiger partial charge is 0.475 e. The fraction of sp³-hybridized carbons (Fsp3) is 0.348. The number of nitrogens with zero attached hydrogens (tertiary/aromatic N) is 3. The third-order valence-corrected chi connectivity index (χ3v) is 6.53. The van der Waals surface area contributed by atoms with Crippen molar-refractivity contribution in [2.75, 3.05) is 37.6 Å². The van der Waals surface area contributed by atoms with E-state index in [0.717, 1.165) is 67.3 Å². The zero-order chi connectivity index (χ0) is 26.0. The van der Waals surface area contributed by atoms with E-state index in [4.69, 9.17) is 33.1 Å². The number of piperazine rings is 1. The van der Waals surface area contributed by atoms with Crippen molar-refractivity contribution in [2.24, 2.45) is 0 Å². The summed E-state index contributed by atoms with van der Waals surface area (Å²) >= 11 is 12.6. The van der Waals surface area contributed by atoms with Crippen LogP contribution < -0.4 is 10.2 Å². The van der Waals surface area contributed by atoms with Crippen LogP contribution in [0, 0.1) is 0 Å². The first-order valence-electron chi connectivity index (χ1n) is 11.1. The van der Waals surface area contributed by atoms with Crippen LogP contribution in [0.4, 0.5) is 18.9 Å².